The molecule has 1 unspecified atom stereocenters. The summed E-state index contributed by atoms with van der Waals surface area (Å²) < 4.78 is 37.1. The Kier molecular flexibility index (Phi) is 15.9. The maximum Gasteiger partial charge on any atom is 0.373 e. The number of hydrogen-bond donors (Lipinski definition) is 2. The van der Waals surface area contributed by atoms with Crippen molar-refractivity contribution in [2.45, 2.75) is 84.1 Å². The van der Waals surface area contributed by atoms with E-state index in [1.165, 1.54) is 10.8 Å². The molecule has 2 N–H and O–H groups in total. The van der Waals surface area contributed by atoms with Gasteiger partial charge in [0.15, 0.2) is 0 Å². The Bertz CT molecular complexity index is 2840. The molecule has 8 rings (SSSR count). The van der Waals surface area contributed by atoms with Crippen molar-refractivity contribution in [3.8, 4) is 11.5 Å². The molecule has 0 spiro atoms. The van der Waals surface area contributed by atoms with Crippen molar-refractivity contribution in [2.75, 3.05) is 20.8 Å². The maximum atomic E-state index is 14.6. The molecule has 2 heterocycles. The zero-order valence-corrected chi connectivity index (χ0v) is 43.7. The number of allylic oxidation sites excluding steroid dienone is 1. The molecule has 4 atom stereocenters. The molecule has 71 heavy (non-hydrogen) atoms. The second-order valence-electron chi connectivity index (χ2n) is 18.4. The van der Waals surface area contributed by atoms with Crippen LogP contribution in [0.25, 0.3) is 0 Å². The van der Waals surface area contributed by atoms with Crippen LogP contribution in [0.15, 0.2) is 197 Å². The average molecular weight is 991 g/mol. The third kappa shape index (κ3) is 9.91. The van der Waals surface area contributed by atoms with Gasteiger partial charge in [0.1, 0.15) is 40.5 Å². The Balaban J connectivity index is 1.35. The quantitative estimate of drug-likeness (QED) is 0.0464. The molecule has 0 aliphatic carbocycles. The Morgan fingerprint density at radius 1 is 0.732 bits per heavy atom. The van der Waals surface area contributed by atoms with E-state index in [1.807, 2.05) is 104 Å². The highest BCUT2D eigenvalue weighted by atomic mass is 31.2. The van der Waals surface area contributed by atoms with Crippen molar-refractivity contribution in [3.63, 3.8) is 0 Å². The summed E-state index contributed by atoms with van der Waals surface area (Å²) in [5, 5.41) is 3.26. The average Bonchev–Trinajstić information content (AvgIpc) is 3.79. The summed E-state index contributed by atoms with van der Waals surface area (Å²) in [5.41, 5.74) is 0.529. The molecule has 7 aromatic rings. The second-order valence-corrected chi connectivity index (χ2v) is 24.9. The lowest BCUT2D eigenvalue weighted by Crippen LogP contribution is -2.69. The van der Waals surface area contributed by atoms with Crippen molar-refractivity contribution >= 4 is 31.5 Å². The van der Waals surface area contributed by atoms with Crippen LogP contribution in [0.1, 0.15) is 69.5 Å². The van der Waals surface area contributed by atoms with Gasteiger partial charge in [0.25, 0.3) is 5.56 Å². The van der Waals surface area contributed by atoms with E-state index in [4.69, 9.17) is 23.5 Å². The second kappa shape index (κ2) is 22.1. The van der Waals surface area contributed by atoms with Crippen molar-refractivity contribution in [1.82, 2.24) is 14.2 Å². The molecule has 11 nitrogen and oxygen atoms in total. The number of H-pyrrole nitrogens is 1. The van der Waals surface area contributed by atoms with Gasteiger partial charge >= 0.3 is 13.6 Å². The van der Waals surface area contributed by atoms with Crippen LogP contribution in [0.5, 0.6) is 11.5 Å². The van der Waals surface area contributed by atoms with Crippen molar-refractivity contribution in [1.29, 1.82) is 0 Å². The number of benzene rings is 6. The van der Waals surface area contributed by atoms with Crippen LogP contribution in [0, 0.1) is 6.92 Å². The van der Waals surface area contributed by atoms with E-state index in [-0.39, 0.29) is 25.1 Å². The fourth-order valence-electron chi connectivity index (χ4n) is 10.5. The van der Waals surface area contributed by atoms with Gasteiger partial charge in [-0.05, 0) is 104 Å². The lowest BCUT2D eigenvalue weighted by molar-refractivity contribution is -0.0927. The predicted octanol–water partition coefficient (Wildman–Crippen LogP) is 9.03. The third-order valence-electron chi connectivity index (χ3n) is 13.5. The Hall–Kier alpha value is -6.21. The SMILES string of the molecule is CC=C([Si](c1ccccc1)(c1ccccc1)c1ccccc1)[P+](O)(O[C@H]1C[C@H](n2cc(C)c(=O)[nH]c2=O)O[C@@H]1COC(c1ccccc1)(c1ccc(OC)cc1)c1ccc(OC)cc1)N(C(C)C)C(C)C. The number of methoxy groups -OCH3 is 2. The Morgan fingerprint density at radius 3 is 1.59 bits per heavy atom. The smallest absolute Gasteiger partial charge is 0.373 e. The summed E-state index contributed by atoms with van der Waals surface area (Å²) in [4.78, 5) is 44.4. The summed E-state index contributed by atoms with van der Waals surface area (Å²) in [7, 11) is -4.12. The summed E-state index contributed by atoms with van der Waals surface area (Å²) in [6.45, 7) is 12.0. The highest BCUT2D eigenvalue weighted by molar-refractivity contribution is 7.72. The first-order valence-electron chi connectivity index (χ1n) is 24.2. The largest absolute Gasteiger partial charge is 0.497 e. The van der Waals surface area contributed by atoms with Crippen LogP contribution in [0.2, 0.25) is 0 Å². The molecule has 0 saturated carbocycles. The van der Waals surface area contributed by atoms with Crippen molar-refractivity contribution in [3.05, 3.63) is 230 Å². The van der Waals surface area contributed by atoms with Gasteiger partial charge in [0.2, 0.25) is 8.07 Å². The van der Waals surface area contributed by atoms with Crippen LogP contribution in [0.4, 0.5) is 0 Å². The number of rotatable bonds is 19. The molecule has 1 aliphatic rings. The van der Waals surface area contributed by atoms with E-state index >= 15 is 0 Å². The number of aromatic amines is 1. The minimum absolute atomic E-state index is 0.0572. The van der Waals surface area contributed by atoms with Gasteiger partial charge in [0, 0.05) is 30.3 Å². The number of aromatic nitrogens is 2. The van der Waals surface area contributed by atoms with E-state index in [1.54, 1.807) is 21.1 Å². The first-order chi connectivity index (χ1) is 34.3. The molecule has 1 saturated heterocycles. The summed E-state index contributed by atoms with van der Waals surface area (Å²) >= 11 is 0. The van der Waals surface area contributed by atoms with Crippen LogP contribution in [0.3, 0.4) is 0 Å². The first-order valence-corrected chi connectivity index (χ1v) is 27.8. The van der Waals surface area contributed by atoms with E-state index < -0.39 is 51.2 Å². The Morgan fingerprint density at radius 2 is 1.17 bits per heavy atom. The Labute approximate surface area is 418 Å². The molecular weight excluding hydrogens is 926 g/mol. The predicted molar refractivity (Wildman–Crippen MR) is 287 cm³/mol. The van der Waals surface area contributed by atoms with E-state index in [2.05, 4.69) is 116 Å². The zero-order chi connectivity index (χ0) is 50.3. The molecule has 0 amide bonds. The molecule has 1 fully saturated rings. The van der Waals surface area contributed by atoms with E-state index in [0.717, 1.165) is 37.2 Å². The van der Waals surface area contributed by atoms with Gasteiger partial charge in [-0.2, -0.15) is 9.42 Å². The number of hydrogen-bond acceptors (Lipinski definition) is 9. The molecule has 1 aliphatic heterocycles. The minimum Gasteiger partial charge on any atom is -0.497 e. The van der Waals surface area contributed by atoms with Gasteiger partial charge < -0.3 is 18.9 Å². The van der Waals surface area contributed by atoms with Gasteiger partial charge in [-0.1, -0.05) is 146 Å². The lowest BCUT2D eigenvalue weighted by atomic mass is 9.80. The molecule has 13 heteroatoms. The van der Waals surface area contributed by atoms with E-state index in [0.29, 0.717) is 17.1 Å². The van der Waals surface area contributed by atoms with Gasteiger partial charge in [-0.25, -0.2) is 4.79 Å². The monoisotopic (exact) mass is 990 g/mol. The van der Waals surface area contributed by atoms with Gasteiger partial charge in [0.05, 0.1) is 20.8 Å². The maximum absolute atomic E-state index is 14.6. The molecule has 1 aromatic heterocycles. The number of nitrogens with zero attached hydrogens (tertiary/aromatic N) is 2. The molecular formula is C58H65N3O8PSi+. The fraction of sp³-hybridized carbons (Fsp3) is 0.276. The zero-order valence-electron chi connectivity index (χ0n) is 41.8. The van der Waals surface area contributed by atoms with Crippen LogP contribution < -0.4 is 36.3 Å². The lowest BCUT2D eigenvalue weighted by Gasteiger charge is -2.43. The summed E-state index contributed by atoms with van der Waals surface area (Å²) in [6.07, 6.45) is 1.13. The van der Waals surface area contributed by atoms with Gasteiger partial charge in [-0.15, -0.1) is 4.67 Å². The fourth-order valence-corrected chi connectivity index (χ4v) is 20.9. The topological polar surface area (TPSA) is 124 Å². The summed E-state index contributed by atoms with van der Waals surface area (Å²) in [5.74, 6) is 1.37. The number of ether oxygens (including phenoxy) is 4. The van der Waals surface area contributed by atoms with Crippen LogP contribution in [-0.4, -0.2) is 72.3 Å². The highest BCUT2D eigenvalue weighted by Gasteiger charge is 2.65. The van der Waals surface area contributed by atoms with Gasteiger partial charge in [-0.3, -0.25) is 14.3 Å². The molecule has 6 aromatic carbocycles. The number of nitrogens with one attached hydrogen (secondary N) is 1. The normalized spacial score (nSPS) is 17.4. The molecule has 0 radical (unpaired) electrons. The molecule has 0 bridgehead atoms. The third-order valence-corrected chi connectivity index (χ3v) is 23.1. The van der Waals surface area contributed by atoms with Crippen molar-refractivity contribution < 1.29 is 28.4 Å². The van der Waals surface area contributed by atoms with Crippen LogP contribution in [-0.2, 0) is 19.6 Å². The van der Waals surface area contributed by atoms with E-state index in [9.17, 15) is 14.5 Å². The minimum atomic E-state index is -3.96. The number of aryl methyl sites for hydroxylation is 1. The standard InChI is InChI=1S/C58H64N3O8PSi/c1-9-55(71(49-24-16-11-17-25-49,50-26-18-12-19-27-50)51-28-20-13-21-29-51)70(64,61(41(2)3)42(4)5)69-52-38-54(60-39-43(6)56(62)59-57(60)63)68-53(52)40-67-58(44-22-14-10-15-23-44,45-30-34-47(65-7)35-31-45)46-32-36-48(66-8)37-33-46/h9-37,39,41-42,52-54,64H,38,40H2,1-8H3/p+1/t52-,53+,54+,70?/m0/s1. The summed E-state index contributed by atoms with van der Waals surface area (Å²) in [6, 6.07) is 56.8. The highest BCUT2D eigenvalue weighted by Crippen LogP contribution is 2.71. The first kappa shape index (κ1) is 51.2. The van der Waals surface area contributed by atoms with Crippen molar-refractivity contribution in [2.24, 2.45) is 0 Å². The molecule has 368 valence electrons. The van der Waals surface area contributed by atoms with Crippen LogP contribution >= 0.6 is 7.87 Å².